The number of anilines is 1. The van der Waals surface area contributed by atoms with Crippen LogP contribution in [-0.4, -0.2) is 58.2 Å². The number of hydrogen-bond acceptors (Lipinski definition) is 4. The van der Waals surface area contributed by atoms with Crippen LogP contribution in [0.3, 0.4) is 0 Å². The maximum absolute atomic E-state index is 14.4. The number of amides is 3. The summed E-state index contributed by atoms with van der Waals surface area (Å²) in [5.41, 5.74) is 2.53. The summed E-state index contributed by atoms with van der Waals surface area (Å²) < 4.78 is 21.7. The first-order valence-corrected chi connectivity index (χ1v) is 12.2. The number of nitrogens with one attached hydrogen (secondary N) is 2. The number of hydrogen-bond donors (Lipinski definition) is 2. The van der Waals surface area contributed by atoms with E-state index in [-0.39, 0.29) is 36.5 Å². The molecule has 1 aliphatic rings. The van der Waals surface area contributed by atoms with Crippen molar-refractivity contribution in [2.45, 2.75) is 45.8 Å². The maximum atomic E-state index is 14.4. The van der Waals surface area contributed by atoms with E-state index in [1.54, 1.807) is 29.8 Å². The van der Waals surface area contributed by atoms with E-state index >= 15 is 0 Å². The fourth-order valence-electron chi connectivity index (χ4n) is 4.07. The lowest BCUT2D eigenvalue weighted by atomic mass is 10.2. The fourth-order valence-corrected chi connectivity index (χ4v) is 4.07. The van der Waals surface area contributed by atoms with Crippen LogP contribution in [0, 0.1) is 12.7 Å². The van der Waals surface area contributed by atoms with E-state index in [4.69, 9.17) is 4.74 Å². The molecule has 0 bridgehead atoms. The van der Waals surface area contributed by atoms with E-state index in [0.717, 1.165) is 18.4 Å². The zero-order chi connectivity index (χ0) is 25.7. The van der Waals surface area contributed by atoms with Crippen LogP contribution in [0.1, 0.15) is 32.3 Å². The smallest absolute Gasteiger partial charge is 0.318 e. The zero-order valence-electron chi connectivity index (χ0n) is 20.8. The van der Waals surface area contributed by atoms with Gasteiger partial charge in [-0.3, -0.25) is 14.7 Å². The quantitative estimate of drug-likeness (QED) is 0.483. The molecule has 36 heavy (non-hydrogen) atoms. The molecule has 0 saturated carbocycles. The first kappa shape index (κ1) is 25.4. The molecule has 8 nitrogen and oxygen atoms in total. The van der Waals surface area contributed by atoms with Crippen molar-refractivity contribution in [1.29, 1.82) is 0 Å². The molecule has 0 unspecified atom stereocenters. The number of carbonyl (C=O) groups is 2. The van der Waals surface area contributed by atoms with Crippen molar-refractivity contribution < 1.29 is 18.7 Å². The number of imidazole rings is 1. The number of nitrogens with zero attached hydrogens (tertiary/aromatic N) is 3. The predicted octanol–water partition coefficient (Wildman–Crippen LogP) is 4.52. The van der Waals surface area contributed by atoms with Gasteiger partial charge in [0.25, 0.3) is 0 Å². The Labute approximate surface area is 210 Å². The third-order valence-corrected chi connectivity index (χ3v) is 5.94. The summed E-state index contributed by atoms with van der Waals surface area (Å²) in [6, 6.07) is 14.0. The van der Waals surface area contributed by atoms with E-state index in [2.05, 4.69) is 15.6 Å². The van der Waals surface area contributed by atoms with Gasteiger partial charge in [0.1, 0.15) is 12.4 Å². The van der Waals surface area contributed by atoms with Gasteiger partial charge in [0.05, 0.1) is 17.5 Å². The van der Waals surface area contributed by atoms with Gasteiger partial charge in [-0.1, -0.05) is 36.4 Å². The van der Waals surface area contributed by atoms with Crippen LogP contribution >= 0.6 is 0 Å². The van der Waals surface area contributed by atoms with Gasteiger partial charge in [0, 0.05) is 31.0 Å². The lowest BCUT2D eigenvalue weighted by Crippen LogP contribution is -2.49. The first-order valence-electron chi connectivity index (χ1n) is 12.2. The van der Waals surface area contributed by atoms with Crippen molar-refractivity contribution in [3.8, 4) is 16.9 Å². The van der Waals surface area contributed by atoms with Crippen molar-refractivity contribution in [3.05, 3.63) is 66.1 Å². The molecule has 1 atom stereocenters. The minimum absolute atomic E-state index is 0.0729. The van der Waals surface area contributed by atoms with Crippen molar-refractivity contribution in [1.82, 2.24) is 19.8 Å². The number of benzene rings is 2. The molecule has 1 fully saturated rings. The molecule has 2 aromatic carbocycles. The third-order valence-electron chi connectivity index (χ3n) is 5.94. The third kappa shape index (κ3) is 6.28. The number of carbonyl (C=O) groups excluding carboxylic acids is 2. The molecule has 9 heteroatoms. The number of ether oxygens (including phenoxy) is 1. The van der Waals surface area contributed by atoms with Gasteiger partial charge < -0.3 is 15.0 Å². The van der Waals surface area contributed by atoms with Gasteiger partial charge in [0.2, 0.25) is 11.9 Å². The summed E-state index contributed by atoms with van der Waals surface area (Å²) in [4.78, 5) is 32.0. The lowest BCUT2D eigenvalue weighted by molar-refractivity contribution is -0.117. The van der Waals surface area contributed by atoms with Crippen LogP contribution in [-0.2, 0) is 9.53 Å². The molecule has 0 spiro atoms. The van der Waals surface area contributed by atoms with Crippen molar-refractivity contribution >= 4 is 17.9 Å². The molecule has 1 aliphatic heterocycles. The Hall–Kier alpha value is -3.72. The standard InChI is InChI=1S/C27H32FN5O3/c1-18(2)29-27(35)32(15-22-10-7-13-36-22)17-25(34)31-26-30-24(20-8-5-4-6-9-20)16-33(26)21-12-11-19(3)23(28)14-21/h4-6,8-9,11-12,14,16,18,22H,7,10,13,15,17H2,1-3H3,(H,29,35)(H,30,31,34)/t22-/m1/s1. The molecular formula is C27H32FN5O3. The second kappa shape index (κ2) is 11.3. The van der Waals surface area contributed by atoms with Crippen LogP contribution in [0.25, 0.3) is 16.9 Å². The van der Waals surface area contributed by atoms with Crippen LogP contribution in [0.15, 0.2) is 54.7 Å². The number of urea groups is 1. The normalized spacial score (nSPS) is 15.2. The van der Waals surface area contributed by atoms with Gasteiger partial charge >= 0.3 is 6.03 Å². The van der Waals surface area contributed by atoms with Gasteiger partial charge in [0.15, 0.2) is 0 Å². The largest absolute Gasteiger partial charge is 0.376 e. The molecule has 0 radical (unpaired) electrons. The Kier molecular flexibility index (Phi) is 8.00. The van der Waals surface area contributed by atoms with Gasteiger partial charge in [-0.2, -0.15) is 0 Å². The summed E-state index contributed by atoms with van der Waals surface area (Å²) in [6.07, 6.45) is 3.43. The number of aromatic nitrogens is 2. The Bertz CT molecular complexity index is 1210. The van der Waals surface area contributed by atoms with E-state index in [9.17, 15) is 14.0 Å². The first-order chi connectivity index (χ1) is 17.3. The highest BCUT2D eigenvalue weighted by Crippen LogP contribution is 2.25. The number of aryl methyl sites for hydroxylation is 1. The molecule has 2 heterocycles. The molecular weight excluding hydrogens is 461 g/mol. The summed E-state index contributed by atoms with van der Waals surface area (Å²) >= 11 is 0. The summed E-state index contributed by atoms with van der Waals surface area (Å²) in [5, 5.41) is 5.67. The molecule has 0 aliphatic carbocycles. The topological polar surface area (TPSA) is 88.5 Å². The summed E-state index contributed by atoms with van der Waals surface area (Å²) in [5.74, 6) is -0.526. The number of halogens is 1. The van der Waals surface area contributed by atoms with Crippen LogP contribution in [0.4, 0.5) is 15.1 Å². The zero-order valence-corrected chi connectivity index (χ0v) is 20.8. The van der Waals surface area contributed by atoms with Crippen LogP contribution in [0.2, 0.25) is 0 Å². The highest BCUT2D eigenvalue weighted by Gasteiger charge is 2.25. The Balaban J connectivity index is 1.59. The molecule has 3 amide bonds. The van der Waals surface area contributed by atoms with Crippen molar-refractivity contribution in [2.75, 3.05) is 25.0 Å². The Morgan fingerprint density at radius 1 is 1.22 bits per heavy atom. The summed E-state index contributed by atoms with van der Waals surface area (Å²) in [7, 11) is 0. The highest BCUT2D eigenvalue weighted by molar-refractivity contribution is 5.93. The minimum atomic E-state index is -0.411. The van der Waals surface area contributed by atoms with E-state index in [1.807, 2.05) is 44.2 Å². The van der Waals surface area contributed by atoms with Crippen LogP contribution < -0.4 is 10.6 Å². The van der Waals surface area contributed by atoms with Gasteiger partial charge in [-0.15, -0.1) is 0 Å². The van der Waals surface area contributed by atoms with Crippen molar-refractivity contribution in [2.24, 2.45) is 0 Å². The fraction of sp³-hybridized carbons (Fsp3) is 0.370. The average molecular weight is 494 g/mol. The second-order valence-corrected chi connectivity index (χ2v) is 9.29. The average Bonchev–Trinajstić information content (AvgIpc) is 3.51. The molecule has 3 aromatic rings. The van der Waals surface area contributed by atoms with E-state index in [0.29, 0.717) is 30.1 Å². The Morgan fingerprint density at radius 2 is 2.00 bits per heavy atom. The highest BCUT2D eigenvalue weighted by atomic mass is 19.1. The van der Waals surface area contributed by atoms with Gasteiger partial charge in [-0.05, 0) is 51.3 Å². The molecule has 2 N–H and O–H groups in total. The second-order valence-electron chi connectivity index (χ2n) is 9.29. The van der Waals surface area contributed by atoms with Gasteiger partial charge in [-0.25, -0.2) is 14.2 Å². The number of rotatable bonds is 8. The van der Waals surface area contributed by atoms with Crippen LogP contribution in [0.5, 0.6) is 0 Å². The van der Waals surface area contributed by atoms with E-state index in [1.165, 1.54) is 11.0 Å². The van der Waals surface area contributed by atoms with Crippen molar-refractivity contribution in [3.63, 3.8) is 0 Å². The monoisotopic (exact) mass is 493 g/mol. The molecule has 1 aromatic heterocycles. The molecule has 4 rings (SSSR count). The lowest BCUT2D eigenvalue weighted by Gasteiger charge is -2.26. The predicted molar refractivity (Wildman–Crippen MR) is 137 cm³/mol. The minimum Gasteiger partial charge on any atom is -0.376 e. The molecule has 1 saturated heterocycles. The maximum Gasteiger partial charge on any atom is 0.318 e. The van der Waals surface area contributed by atoms with E-state index < -0.39 is 5.91 Å². The SMILES string of the molecule is Cc1ccc(-n2cc(-c3ccccc3)nc2NC(=O)CN(C[C@H]2CCCO2)C(=O)NC(C)C)cc1F. The summed E-state index contributed by atoms with van der Waals surface area (Å²) in [6.45, 7) is 6.22. The Morgan fingerprint density at radius 3 is 2.67 bits per heavy atom. The molecule has 190 valence electrons.